The lowest BCUT2D eigenvalue weighted by atomic mass is 10.0. The lowest BCUT2D eigenvalue weighted by molar-refractivity contribution is -0.0330. The molecule has 2 aromatic heterocycles. The number of amides is 1. The Morgan fingerprint density at radius 2 is 1.84 bits per heavy atom. The number of anilines is 2. The fourth-order valence-electron chi connectivity index (χ4n) is 4.22. The van der Waals surface area contributed by atoms with E-state index in [9.17, 15) is 18.0 Å². The summed E-state index contributed by atoms with van der Waals surface area (Å²) < 4.78 is 47.3. The van der Waals surface area contributed by atoms with Gasteiger partial charge in [0.05, 0.1) is 19.3 Å². The van der Waals surface area contributed by atoms with Gasteiger partial charge in [0.2, 0.25) is 0 Å². The molecule has 0 aliphatic rings. The van der Waals surface area contributed by atoms with Crippen LogP contribution in [0.1, 0.15) is 96.1 Å². The van der Waals surface area contributed by atoms with Crippen molar-refractivity contribution >= 4 is 34.8 Å². The molecule has 1 atom stereocenters. The highest BCUT2D eigenvalue weighted by molar-refractivity contribution is 8.00. The number of methoxy groups -OCH3 is 1. The lowest BCUT2D eigenvalue weighted by Crippen LogP contribution is -2.20. The number of imidazole rings is 1. The Hall–Kier alpha value is -3.59. The van der Waals surface area contributed by atoms with E-state index in [0.717, 1.165) is 38.5 Å². The zero-order valence-electron chi connectivity index (χ0n) is 27.1. The Balaban J connectivity index is 0.00000232. The molecule has 3 N–H and O–H groups in total. The van der Waals surface area contributed by atoms with Crippen LogP contribution in [0.15, 0.2) is 35.6 Å². The van der Waals surface area contributed by atoms with E-state index >= 15 is 0 Å². The first-order valence-electron chi connectivity index (χ1n) is 15.2. The molecule has 2 heterocycles. The van der Waals surface area contributed by atoms with Gasteiger partial charge in [-0.05, 0) is 37.0 Å². The van der Waals surface area contributed by atoms with E-state index in [-0.39, 0.29) is 41.0 Å². The minimum Gasteiger partial charge on any atom is -0.495 e. The van der Waals surface area contributed by atoms with E-state index in [1.807, 2.05) is 27.7 Å². The Bertz CT molecular complexity index is 1350. The summed E-state index contributed by atoms with van der Waals surface area (Å²) in [6.07, 6.45) is 9.04. The summed E-state index contributed by atoms with van der Waals surface area (Å²) in [6.45, 7) is 12.3. The molecule has 0 aliphatic carbocycles. The molecule has 3 aromatic rings. The highest BCUT2D eigenvalue weighted by atomic mass is 32.2. The molecule has 0 saturated heterocycles. The molecule has 3 rings (SSSR count). The van der Waals surface area contributed by atoms with E-state index in [0.29, 0.717) is 28.5 Å². The molecule has 1 amide bonds. The Kier molecular flexibility index (Phi) is 17.8. The van der Waals surface area contributed by atoms with Gasteiger partial charge in [-0.3, -0.25) is 9.20 Å². The van der Waals surface area contributed by atoms with Crippen molar-refractivity contribution in [2.75, 3.05) is 31.3 Å². The van der Waals surface area contributed by atoms with Crippen LogP contribution in [0.5, 0.6) is 5.75 Å². The number of nitrogens with one attached hydrogen (secondary N) is 3. The van der Waals surface area contributed by atoms with Crippen molar-refractivity contribution in [3.05, 3.63) is 41.9 Å². The molecule has 244 valence electrons. The molecule has 1 unspecified atom stereocenters. The monoisotopic (exact) mass is 636 g/mol. The second kappa shape index (κ2) is 20.4. The molecule has 44 heavy (non-hydrogen) atoms. The molecule has 0 aliphatic heterocycles. The predicted molar refractivity (Wildman–Crippen MR) is 176 cm³/mol. The predicted octanol–water partition coefficient (Wildman–Crippen LogP) is 8.39. The number of benzene rings is 1. The molecule has 1 aromatic carbocycles. The highest BCUT2D eigenvalue weighted by Gasteiger charge is 2.33. The topological polar surface area (TPSA) is 92.6 Å². The Labute approximate surface area is 264 Å². The van der Waals surface area contributed by atoms with Gasteiger partial charge in [0.15, 0.2) is 11.5 Å². The van der Waals surface area contributed by atoms with Crippen molar-refractivity contribution in [3.63, 3.8) is 0 Å². The van der Waals surface area contributed by atoms with Crippen LogP contribution in [0.4, 0.5) is 24.7 Å². The molecule has 12 heteroatoms. The minimum absolute atomic E-state index is 0.00396. The number of carbonyl (C=O) groups excluding carboxylic acids is 1. The Morgan fingerprint density at radius 1 is 1.11 bits per heavy atom. The number of fused-ring (bicyclic) bond motifs is 1. The van der Waals surface area contributed by atoms with Gasteiger partial charge in [-0.15, -0.1) is 0 Å². The molecular weight excluding hydrogens is 589 g/mol. The summed E-state index contributed by atoms with van der Waals surface area (Å²) in [4.78, 5) is 20.9. The number of halogens is 3. The molecule has 0 spiro atoms. The molecule has 8 nitrogen and oxygen atoms in total. The number of nitrogens with zero attached hydrogens (tertiary/aromatic N) is 3. The van der Waals surface area contributed by atoms with Crippen molar-refractivity contribution in [1.29, 1.82) is 0 Å². The van der Waals surface area contributed by atoms with Gasteiger partial charge in [0, 0.05) is 42.8 Å². The number of unbranched alkanes of at least 4 members (excludes halogenated alkanes) is 2. The van der Waals surface area contributed by atoms with E-state index in [2.05, 4.69) is 51.6 Å². The maximum absolute atomic E-state index is 13.5. The van der Waals surface area contributed by atoms with Crippen LogP contribution in [0.2, 0.25) is 0 Å². The van der Waals surface area contributed by atoms with Gasteiger partial charge in [0.1, 0.15) is 16.5 Å². The van der Waals surface area contributed by atoms with E-state index in [4.69, 9.17) is 4.74 Å². The number of hydrogen-bond acceptors (Lipinski definition) is 7. The molecule has 0 radical (unpaired) electrons. The van der Waals surface area contributed by atoms with Crippen LogP contribution in [0, 0.1) is 11.8 Å². The van der Waals surface area contributed by atoms with Crippen molar-refractivity contribution in [3.8, 4) is 17.6 Å². The summed E-state index contributed by atoms with van der Waals surface area (Å²) in [6, 6.07) is 5.03. The Morgan fingerprint density at radius 3 is 2.45 bits per heavy atom. The number of ether oxygens (including phenoxy) is 1. The van der Waals surface area contributed by atoms with Crippen LogP contribution in [0.25, 0.3) is 5.65 Å². The lowest BCUT2D eigenvalue weighted by Gasteiger charge is -2.19. The van der Waals surface area contributed by atoms with Gasteiger partial charge in [-0.2, -0.15) is 13.2 Å². The smallest absolute Gasteiger partial charge is 0.447 e. The number of aromatic nitrogens is 3. The maximum Gasteiger partial charge on any atom is 0.447 e. The van der Waals surface area contributed by atoms with E-state index in [1.54, 1.807) is 18.2 Å². The number of carbonyl (C=O) groups is 1. The second-order valence-corrected chi connectivity index (χ2v) is 10.1. The third-order valence-electron chi connectivity index (χ3n) is 6.11. The molecule has 0 bridgehead atoms. The fourth-order valence-corrected chi connectivity index (χ4v) is 4.87. The van der Waals surface area contributed by atoms with Crippen LogP contribution < -0.4 is 20.7 Å². The first-order valence-corrected chi connectivity index (χ1v) is 16.0. The quantitative estimate of drug-likeness (QED) is 0.0986. The van der Waals surface area contributed by atoms with Crippen molar-refractivity contribution in [2.24, 2.45) is 0 Å². The number of alkyl halides is 3. The van der Waals surface area contributed by atoms with Gasteiger partial charge in [0.25, 0.3) is 5.91 Å². The number of rotatable bonds is 13. The van der Waals surface area contributed by atoms with Crippen molar-refractivity contribution in [1.82, 2.24) is 19.7 Å². The van der Waals surface area contributed by atoms with Crippen LogP contribution in [0.3, 0.4) is 0 Å². The second-order valence-electron chi connectivity index (χ2n) is 9.06. The van der Waals surface area contributed by atoms with Crippen LogP contribution >= 0.6 is 11.8 Å². The SMILES string of the molecule is CC.CC.CCCCCC(CCC)Nc1nccn2c(SC(F)(F)F)c(C#CCNc3cc(C(=O)NC)ccc3OC)nc12. The zero-order valence-corrected chi connectivity index (χ0v) is 27.9. The summed E-state index contributed by atoms with van der Waals surface area (Å²) in [5.74, 6) is 6.31. The molecule has 0 saturated carbocycles. The van der Waals surface area contributed by atoms with Crippen LogP contribution in [-0.4, -0.2) is 52.5 Å². The highest BCUT2D eigenvalue weighted by Crippen LogP contribution is 2.39. The summed E-state index contributed by atoms with van der Waals surface area (Å²) in [5, 5.41) is 8.91. The standard InChI is InChI=1S/C28H35F3N6O2S.2C2H6/c1-5-7-8-11-20(10-6-2)35-24-25-36-21(27(40-28(29,30)31)37(25)17-16-34-24)12-9-15-33-22-18-19(26(38)32-3)13-14-23(22)39-4;2*1-2/h13-14,16-18,20,33H,5-8,10-11,15H2,1-4H3,(H,32,38)(H,34,35);2*1-2H3. The third kappa shape index (κ3) is 11.8. The molecular formula is C32H47F3N6O2S. The van der Waals surface area contributed by atoms with Crippen molar-refractivity contribution in [2.45, 2.75) is 96.6 Å². The average Bonchev–Trinajstić information content (AvgIpc) is 3.37. The molecule has 0 fully saturated rings. The summed E-state index contributed by atoms with van der Waals surface area (Å²) in [7, 11) is 3.03. The maximum atomic E-state index is 13.5. The first kappa shape index (κ1) is 38.4. The van der Waals surface area contributed by atoms with E-state index < -0.39 is 5.51 Å². The van der Waals surface area contributed by atoms with Gasteiger partial charge < -0.3 is 20.7 Å². The van der Waals surface area contributed by atoms with Gasteiger partial charge in [-0.25, -0.2) is 9.97 Å². The summed E-state index contributed by atoms with van der Waals surface area (Å²) >= 11 is -0.256. The summed E-state index contributed by atoms with van der Waals surface area (Å²) in [5.41, 5.74) is -3.28. The van der Waals surface area contributed by atoms with Gasteiger partial charge >= 0.3 is 5.51 Å². The zero-order chi connectivity index (χ0) is 33.1. The normalized spacial score (nSPS) is 11.2. The fraction of sp³-hybridized carbons (Fsp3) is 0.531. The van der Waals surface area contributed by atoms with Gasteiger partial charge in [-0.1, -0.05) is 73.1 Å². The number of thioether (sulfide) groups is 1. The van der Waals surface area contributed by atoms with Crippen molar-refractivity contribution < 1.29 is 22.7 Å². The number of hydrogen-bond donors (Lipinski definition) is 3. The van der Waals surface area contributed by atoms with Crippen LogP contribution in [-0.2, 0) is 0 Å². The average molecular weight is 637 g/mol. The first-order chi connectivity index (χ1) is 21.2. The third-order valence-corrected chi connectivity index (χ3v) is 6.92. The van der Waals surface area contributed by atoms with E-state index in [1.165, 1.54) is 31.0 Å². The largest absolute Gasteiger partial charge is 0.495 e. The minimum atomic E-state index is -4.53.